The van der Waals surface area contributed by atoms with Crippen LogP contribution in [0.15, 0.2) is 30.3 Å². The van der Waals surface area contributed by atoms with Crippen molar-refractivity contribution in [2.24, 2.45) is 11.8 Å². The summed E-state index contributed by atoms with van der Waals surface area (Å²) < 4.78 is 5.80. The predicted molar refractivity (Wildman–Crippen MR) is 70.1 cm³/mol. The predicted octanol–water partition coefficient (Wildman–Crippen LogP) is 3.35. The zero-order chi connectivity index (χ0) is 12.6. The molecule has 2 saturated carbocycles. The molecule has 2 bridgehead atoms. The van der Waals surface area contributed by atoms with E-state index in [1.807, 2.05) is 30.3 Å². The number of rotatable bonds is 3. The number of benzene rings is 1. The Morgan fingerprint density at radius 3 is 2.72 bits per heavy atom. The van der Waals surface area contributed by atoms with Crippen LogP contribution in [-0.2, 0) is 16.0 Å². The molecule has 3 rings (SSSR count). The Morgan fingerprint density at radius 1 is 1.33 bits per heavy atom. The van der Waals surface area contributed by atoms with Crippen LogP contribution < -0.4 is 0 Å². The van der Waals surface area contributed by atoms with Gasteiger partial charge >= 0.3 is 5.97 Å². The Kier molecular flexibility index (Phi) is 2.89. The lowest BCUT2D eigenvalue weighted by molar-refractivity contribution is -0.162. The van der Waals surface area contributed by atoms with E-state index in [1.165, 1.54) is 19.3 Å². The molecule has 18 heavy (non-hydrogen) atoms. The number of ether oxygens (including phenoxy) is 1. The zero-order valence-electron chi connectivity index (χ0n) is 10.9. The van der Waals surface area contributed by atoms with E-state index >= 15 is 0 Å². The van der Waals surface area contributed by atoms with Gasteiger partial charge in [-0.25, -0.2) is 0 Å². The van der Waals surface area contributed by atoms with Crippen molar-refractivity contribution in [3.63, 3.8) is 0 Å². The maximum Gasteiger partial charge on any atom is 0.310 e. The molecule has 3 atom stereocenters. The summed E-state index contributed by atoms with van der Waals surface area (Å²) in [6.45, 7) is 2.12. The second kappa shape index (κ2) is 4.42. The van der Waals surface area contributed by atoms with Gasteiger partial charge in [0, 0.05) is 0 Å². The first-order valence-corrected chi connectivity index (χ1v) is 6.91. The van der Waals surface area contributed by atoms with Gasteiger partial charge in [0.15, 0.2) is 0 Å². The van der Waals surface area contributed by atoms with E-state index < -0.39 is 0 Å². The van der Waals surface area contributed by atoms with Gasteiger partial charge in [-0.2, -0.15) is 0 Å². The van der Waals surface area contributed by atoms with Crippen molar-refractivity contribution >= 4 is 5.97 Å². The molecule has 2 aliphatic rings. The van der Waals surface area contributed by atoms with Crippen LogP contribution in [0.3, 0.4) is 0 Å². The molecule has 2 aliphatic carbocycles. The Labute approximate surface area is 108 Å². The van der Waals surface area contributed by atoms with Gasteiger partial charge in [0.2, 0.25) is 0 Å². The first kappa shape index (κ1) is 11.8. The van der Waals surface area contributed by atoms with Crippen LogP contribution in [0.5, 0.6) is 0 Å². The highest BCUT2D eigenvalue weighted by atomic mass is 16.6. The Hall–Kier alpha value is -1.31. The van der Waals surface area contributed by atoms with E-state index in [2.05, 4.69) is 6.92 Å². The fraction of sp³-hybridized carbons (Fsp3) is 0.562. The summed E-state index contributed by atoms with van der Waals surface area (Å²) in [5, 5.41) is 0. The fourth-order valence-electron chi connectivity index (χ4n) is 3.74. The van der Waals surface area contributed by atoms with Crippen molar-refractivity contribution < 1.29 is 9.53 Å². The summed E-state index contributed by atoms with van der Waals surface area (Å²) in [6.07, 6.45) is 5.29. The van der Waals surface area contributed by atoms with Crippen LogP contribution in [0.4, 0.5) is 0 Å². The van der Waals surface area contributed by atoms with E-state index in [0.29, 0.717) is 12.3 Å². The summed E-state index contributed by atoms with van der Waals surface area (Å²) in [5.74, 6) is 1.32. The smallest absolute Gasteiger partial charge is 0.310 e. The summed E-state index contributed by atoms with van der Waals surface area (Å²) in [5.41, 5.74) is 0.851. The van der Waals surface area contributed by atoms with E-state index in [9.17, 15) is 4.79 Å². The summed E-state index contributed by atoms with van der Waals surface area (Å²) >= 11 is 0. The molecule has 1 aromatic carbocycles. The third-order valence-corrected chi connectivity index (χ3v) is 4.64. The highest BCUT2D eigenvalue weighted by Gasteiger charge is 2.50. The molecule has 2 fully saturated rings. The molecule has 0 aliphatic heterocycles. The molecular weight excluding hydrogens is 224 g/mol. The van der Waals surface area contributed by atoms with Crippen LogP contribution in [0, 0.1) is 11.8 Å². The van der Waals surface area contributed by atoms with E-state index in [0.717, 1.165) is 17.9 Å². The van der Waals surface area contributed by atoms with Gasteiger partial charge in [-0.3, -0.25) is 4.79 Å². The van der Waals surface area contributed by atoms with Gasteiger partial charge in [-0.05, 0) is 50.0 Å². The fourth-order valence-corrected chi connectivity index (χ4v) is 3.74. The lowest BCUT2D eigenvalue weighted by atomic mass is 9.85. The summed E-state index contributed by atoms with van der Waals surface area (Å²) in [7, 11) is 0. The van der Waals surface area contributed by atoms with Crippen LogP contribution >= 0.6 is 0 Å². The van der Waals surface area contributed by atoms with Gasteiger partial charge in [0.1, 0.15) is 5.60 Å². The number of hydrogen-bond acceptors (Lipinski definition) is 2. The topological polar surface area (TPSA) is 26.3 Å². The average Bonchev–Trinajstić information content (AvgIpc) is 2.89. The van der Waals surface area contributed by atoms with Gasteiger partial charge < -0.3 is 4.74 Å². The molecule has 0 amide bonds. The molecule has 0 radical (unpaired) electrons. The number of fused-ring (bicyclic) bond motifs is 2. The van der Waals surface area contributed by atoms with E-state index in [-0.39, 0.29) is 11.6 Å². The Balaban J connectivity index is 1.61. The van der Waals surface area contributed by atoms with Crippen molar-refractivity contribution in [3.8, 4) is 0 Å². The van der Waals surface area contributed by atoms with E-state index in [4.69, 9.17) is 4.74 Å². The first-order valence-electron chi connectivity index (χ1n) is 6.91. The second-order valence-electron chi connectivity index (χ2n) is 6.03. The number of hydrogen-bond donors (Lipinski definition) is 0. The monoisotopic (exact) mass is 244 g/mol. The largest absolute Gasteiger partial charge is 0.459 e. The molecule has 0 unspecified atom stereocenters. The molecule has 2 nitrogen and oxygen atoms in total. The number of carbonyl (C=O) groups excluding carboxylic acids is 1. The molecule has 2 heteroatoms. The molecule has 0 aromatic heterocycles. The van der Waals surface area contributed by atoms with Gasteiger partial charge in [0.25, 0.3) is 0 Å². The van der Waals surface area contributed by atoms with Crippen LogP contribution in [-0.4, -0.2) is 11.6 Å². The molecule has 0 saturated heterocycles. The lowest BCUT2D eigenvalue weighted by Gasteiger charge is -2.33. The van der Waals surface area contributed by atoms with Gasteiger partial charge in [-0.1, -0.05) is 30.3 Å². The quantitative estimate of drug-likeness (QED) is 0.762. The summed E-state index contributed by atoms with van der Waals surface area (Å²) in [6, 6.07) is 9.84. The van der Waals surface area contributed by atoms with Crippen molar-refractivity contribution in [1.82, 2.24) is 0 Å². The second-order valence-corrected chi connectivity index (χ2v) is 6.03. The van der Waals surface area contributed by atoms with Crippen molar-refractivity contribution in [3.05, 3.63) is 35.9 Å². The maximum atomic E-state index is 12.0. The normalized spacial score (nSPS) is 33.6. The van der Waals surface area contributed by atoms with Crippen molar-refractivity contribution in [2.75, 3.05) is 0 Å². The maximum absolute atomic E-state index is 12.0. The van der Waals surface area contributed by atoms with Crippen molar-refractivity contribution in [2.45, 2.75) is 44.6 Å². The molecule has 0 spiro atoms. The number of carbonyl (C=O) groups is 1. The number of esters is 1. The average molecular weight is 244 g/mol. The molecule has 0 heterocycles. The highest BCUT2D eigenvalue weighted by Crippen LogP contribution is 2.52. The minimum absolute atomic E-state index is 0.0729. The first-order chi connectivity index (χ1) is 8.66. The minimum atomic E-state index is -0.186. The lowest BCUT2D eigenvalue weighted by Crippen LogP contribution is -2.37. The molecule has 1 aromatic rings. The molecule has 96 valence electrons. The Morgan fingerprint density at radius 2 is 2.11 bits per heavy atom. The van der Waals surface area contributed by atoms with Gasteiger partial charge in [0.05, 0.1) is 6.42 Å². The third kappa shape index (κ3) is 2.16. The SMILES string of the molecule is C[C@@]1(OC(=O)Cc2ccccc2)C[C@H]2CC[C@@H]1C2. The Bertz CT molecular complexity index is 440. The highest BCUT2D eigenvalue weighted by molar-refractivity contribution is 5.73. The van der Waals surface area contributed by atoms with E-state index in [1.54, 1.807) is 0 Å². The third-order valence-electron chi connectivity index (χ3n) is 4.64. The zero-order valence-corrected chi connectivity index (χ0v) is 10.9. The van der Waals surface area contributed by atoms with Crippen molar-refractivity contribution in [1.29, 1.82) is 0 Å². The standard InChI is InChI=1S/C16H20O2/c1-16(11-13-7-8-14(16)9-13)18-15(17)10-12-5-3-2-4-6-12/h2-6,13-14H,7-11H2,1H3/t13-,14+,16+/m0/s1. The minimum Gasteiger partial charge on any atom is -0.459 e. The summed E-state index contributed by atoms with van der Waals surface area (Å²) in [4.78, 5) is 12.0. The molecular formula is C16H20O2. The van der Waals surface area contributed by atoms with Crippen LogP contribution in [0.2, 0.25) is 0 Å². The van der Waals surface area contributed by atoms with Crippen LogP contribution in [0.1, 0.15) is 38.2 Å². The van der Waals surface area contributed by atoms with Gasteiger partial charge in [-0.15, -0.1) is 0 Å². The van der Waals surface area contributed by atoms with Crippen LogP contribution in [0.25, 0.3) is 0 Å². The molecule has 0 N–H and O–H groups in total.